The molecule has 2 fully saturated rings. The number of carbonyl (C=O) groups excluding carboxylic acids is 6. The summed E-state index contributed by atoms with van der Waals surface area (Å²) >= 11 is 6.90. The number of hydrogen-bond donors (Lipinski definition) is 8. The van der Waals surface area contributed by atoms with Crippen molar-refractivity contribution in [2.24, 2.45) is 23.5 Å². The fourth-order valence-electron chi connectivity index (χ4n) is 12.3. The van der Waals surface area contributed by atoms with Crippen LogP contribution in [0.4, 0.5) is 0 Å². The number of aliphatic hydroxyl groups is 2. The molecule has 3 aliphatic heterocycles. The van der Waals surface area contributed by atoms with Gasteiger partial charge in [-0.2, -0.15) is 0 Å². The first-order valence-electron chi connectivity index (χ1n) is 30.5. The first-order valence-corrected chi connectivity index (χ1v) is 35.8. The molecule has 96 heavy (non-hydrogen) atoms. The molecule has 25 nitrogen and oxygen atoms in total. The minimum Gasteiger partial charge on any atom is -0.508 e. The molecule has 2 saturated heterocycles. The zero-order chi connectivity index (χ0) is 67.6. The molecule has 7 aromatic heterocycles. The highest BCUT2D eigenvalue weighted by atomic mass is 32.1. The van der Waals surface area contributed by atoms with Gasteiger partial charge < -0.3 is 51.7 Å². The summed E-state index contributed by atoms with van der Waals surface area (Å²) in [5.41, 5.74) is 8.71. The standard InChI is InChI=1S/C65H62N12O13S6/c1-30-48(80)24-77-54(30)63-73-45(28-95-63)61-70-42(25-93-61)53-37(14-15-39(67-53)60-74-46(29-94-60)64(89)76-22-33(10-16-50(82)83)18-34(23-76)11-17-51(84)85)58-71-43(26-91-58)56(87)68-40(21-49(66)81)62-75-52(31(2)96-62)47(79)20-38(55(86)35-6-4-3-5-7-35)59-72-44(27-92-59)57(88)69-41(65(77)90)19-32-8-12-36(78)13-9-32/h3-9,12-15,25-30,33-34,38,40-41,48,54-55,78,80,86H,10-11,16-24H2,1-2H3,(H2,66,81)(H,68,87)(H,69,88)(H,82,83)(H,84,85)/t30-,33-,34+,38-,40-,41-,48-,54-,55+/m0/s1. The number of nitrogens with zero attached hydrogens (tertiary/aromatic N) is 9. The molecule has 0 aliphatic carbocycles. The van der Waals surface area contributed by atoms with Crippen LogP contribution in [0.5, 0.6) is 5.75 Å². The van der Waals surface area contributed by atoms with Crippen LogP contribution < -0.4 is 16.4 Å². The smallest absolute Gasteiger partial charge is 0.303 e. The van der Waals surface area contributed by atoms with Gasteiger partial charge in [-0.1, -0.05) is 49.4 Å². The summed E-state index contributed by atoms with van der Waals surface area (Å²) in [6.45, 7) is 3.91. The number of phenolic OH excluding ortho intramolecular Hbond substituents is 1. The highest BCUT2D eigenvalue weighted by molar-refractivity contribution is 7.15. The molecule has 31 heteroatoms. The Bertz CT molecular complexity index is 4410. The Labute approximate surface area is 571 Å². The quantitative estimate of drug-likeness (QED) is 0.0503. The van der Waals surface area contributed by atoms with Crippen LogP contribution in [-0.4, -0.2) is 149 Å². The van der Waals surface area contributed by atoms with Gasteiger partial charge in [-0.3, -0.25) is 38.4 Å². The van der Waals surface area contributed by atoms with Gasteiger partial charge >= 0.3 is 11.9 Å². The van der Waals surface area contributed by atoms with E-state index in [0.29, 0.717) is 83.6 Å². The van der Waals surface area contributed by atoms with Crippen LogP contribution in [0.25, 0.3) is 43.4 Å². The van der Waals surface area contributed by atoms with Crippen LogP contribution in [0.1, 0.15) is 149 Å². The lowest BCUT2D eigenvalue weighted by Gasteiger charge is -2.37. The summed E-state index contributed by atoms with van der Waals surface area (Å²) < 4.78 is 0. The van der Waals surface area contributed by atoms with Gasteiger partial charge in [0.15, 0.2) is 5.78 Å². The molecule has 0 saturated carbocycles. The van der Waals surface area contributed by atoms with E-state index in [1.54, 1.807) is 82.6 Å². The second-order valence-electron chi connectivity index (χ2n) is 23.9. The number of pyridine rings is 1. The molecule has 9 atom stereocenters. The summed E-state index contributed by atoms with van der Waals surface area (Å²) in [5, 5.41) is 68.8. The Hall–Kier alpha value is -8.95. The van der Waals surface area contributed by atoms with Gasteiger partial charge in [-0.15, -0.1) is 68.0 Å². The number of aromatic hydroxyl groups is 1. The maximum atomic E-state index is 15.3. The number of hydrogen-bond acceptors (Lipinski definition) is 24. The number of aliphatic hydroxyl groups excluding tert-OH is 2. The monoisotopic (exact) mass is 1410 g/mol. The van der Waals surface area contributed by atoms with Crippen molar-refractivity contribution in [3.05, 3.63) is 147 Å². The number of carboxylic acids is 2. The minimum atomic E-state index is -1.32. The highest BCUT2D eigenvalue weighted by Crippen LogP contribution is 2.44. The van der Waals surface area contributed by atoms with Crippen molar-refractivity contribution in [3.63, 3.8) is 0 Å². The number of rotatable bonds is 14. The van der Waals surface area contributed by atoms with Crippen LogP contribution in [0, 0.1) is 24.7 Å². The van der Waals surface area contributed by atoms with Gasteiger partial charge in [0.2, 0.25) is 11.8 Å². The van der Waals surface area contributed by atoms with Gasteiger partial charge in [0.25, 0.3) is 17.7 Å². The summed E-state index contributed by atoms with van der Waals surface area (Å²) in [6.07, 6.45) is -2.10. The zero-order valence-corrected chi connectivity index (χ0v) is 56.2. The average Bonchev–Trinajstić information content (AvgIpc) is 1.61. The first-order chi connectivity index (χ1) is 46.1. The van der Waals surface area contributed by atoms with Crippen LogP contribution in [0.15, 0.2) is 93.6 Å². The third kappa shape index (κ3) is 14.9. The third-order valence-corrected chi connectivity index (χ3v) is 22.7. The molecule has 9 aromatic rings. The molecule has 10 heterocycles. The largest absolute Gasteiger partial charge is 0.508 e. The lowest BCUT2D eigenvalue weighted by atomic mass is 9.84. The molecule has 0 radical (unpaired) electrons. The van der Waals surface area contributed by atoms with Gasteiger partial charge in [0.05, 0.1) is 41.4 Å². The number of nitrogens with two attached hydrogens (primary N) is 1. The molecular weight excluding hydrogens is 1350 g/mol. The SMILES string of the molecule is Cc1sc2nc1C(=O)C[C@@H]([C@H](O)c1ccccc1)c1nc(cs1)C(=O)N[C@@H](Cc1ccc(O)cc1)C(=O)N1C[C@H](O)[C@H](C)[C@H]1c1nc(cs1)-c1nc(cs1)-c1nc(-c3nc(C(=O)N4C[C@H](CCC(=O)O)C[C@H](CCC(=O)O)C4)cs3)ccc1-c1nc(cs1)C(=O)N[C@H]2CC(N)=O. The molecule has 0 unspecified atom stereocenters. The van der Waals surface area contributed by atoms with Gasteiger partial charge in [0.1, 0.15) is 76.7 Å². The minimum absolute atomic E-state index is 0.00461. The van der Waals surface area contributed by atoms with Crippen molar-refractivity contribution >= 4 is 115 Å². The number of thiazole rings is 6. The normalized spacial score (nSPS) is 21.2. The van der Waals surface area contributed by atoms with Crippen LogP contribution >= 0.6 is 68.0 Å². The van der Waals surface area contributed by atoms with Gasteiger partial charge in [-0.05, 0) is 73.4 Å². The predicted octanol–water partition coefficient (Wildman–Crippen LogP) is 8.98. The number of primary amides is 1. The number of aromatic nitrogens is 7. The number of Topliss-reactive ketones (excluding diaryl/α,β-unsaturated/α-hetero) is 1. The molecule has 496 valence electrons. The molecule has 0 spiro atoms. The number of benzene rings is 2. The van der Waals surface area contributed by atoms with Crippen molar-refractivity contribution < 1.29 is 63.9 Å². The highest BCUT2D eigenvalue weighted by Gasteiger charge is 2.46. The topological polar surface area (TPSA) is 384 Å². The van der Waals surface area contributed by atoms with E-state index in [1.807, 2.05) is 6.92 Å². The summed E-state index contributed by atoms with van der Waals surface area (Å²) in [4.78, 5) is 147. The third-order valence-electron chi connectivity index (χ3n) is 17.2. The molecule has 2 aromatic carbocycles. The second kappa shape index (κ2) is 28.8. The van der Waals surface area contributed by atoms with E-state index in [2.05, 4.69) is 10.6 Å². The van der Waals surface area contributed by atoms with E-state index in [4.69, 9.17) is 40.6 Å². The number of carbonyl (C=O) groups is 8. The van der Waals surface area contributed by atoms with E-state index in [1.165, 1.54) is 61.8 Å². The van der Waals surface area contributed by atoms with Gasteiger partial charge in [0, 0.05) is 94.5 Å². The fourth-order valence-corrected chi connectivity index (χ4v) is 17.7. The van der Waals surface area contributed by atoms with E-state index >= 15 is 4.79 Å². The van der Waals surface area contributed by atoms with E-state index in [9.17, 15) is 59.1 Å². The lowest BCUT2D eigenvalue weighted by Crippen LogP contribution is -2.50. The molecule has 3 aliphatic rings. The number of phenols is 1. The maximum absolute atomic E-state index is 15.3. The average molecular weight is 1410 g/mol. The molecule has 10 bridgehead atoms. The number of amides is 5. The van der Waals surface area contributed by atoms with Crippen molar-refractivity contribution in [1.29, 1.82) is 0 Å². The van der Waals surface area contributed by atoms with Crippen molar-refractivity contribution in [2.75, 3.05) is 19.6 Å². The number of carboxylic acid groups (broad SMARTS) is 2. The first kappa shape index (κ1) is 67.0. The number of aryl methyl sites for hydroxylation is 1. The Morgan fingerprint density at radius 1 is 0.656 bits per heavy atom. The Kier molecular flexibility index (Phi) is 20.1. The molecule has 9 N–H and O–H groups in total. The molecular formula is C65H62N12O13S6. The van der Waals surface area contributed by atoms with Crippen molar-refractivity contribution in [1.82, 2.24) is 55.3 Å². The second-order valence-corrected chi connectivity index (χ2v) is 29.5. The Balaban J connectivity index is 0.928. The fraction of sp³-hybridized carbons (Fsp3) is 0.338. The Morgan fingerprint density at radius 3 is 1.98 bits per heavy atom. The van der Waals surface area contributed by atoms with E-state index < -0.39 is 95.8 Å². The zero-order valence-electron chi connectivity index (χ0n) is 51.3. The predicted molar refractivity (Wildman–Crippen MR) is 359 cm³/mol. The molecule has 12 rings (SSSR count). The number of fused-ring (bicyclic) bond motifs is 16. The van der Waals surface area contributed by atoms with Crippen molar-refractivity contribution in [2.45, 2.75) is 101 Å². The van der Waals surface area contributed by atoms with E-state index in [-0.39, 0.29) is 95.7 Å². The number of likely N-dealkylation sites (tertiary alicyclic amines) is 1. The number of aliphatic carboxylic acids is 2. The van der Waals surface area contributed by atoms with Crippen LogP contribution in [-0.2, 0) is 25.6 Å². The van der Waals surface area contributed by atoms with Gasteiger partial charge in [-0.25, -0.2) is 34.9 Å². The van der Waals surface area contributed by atoms with Crippen molar-refractivity contribution in [3.8, 4) is 49.1 Å². The van der Waals surface area contributed by atoms with Crippen LogP contribution in [0.3, 0.4) is 0 Å². The summed E-state index contributed by atoms with van der Waals surface area (Å²) in [7, 11) is 0. The molecule has 5 amide bonds. The lowest BCUT2D eigenvalue weighted by molar-refractivity contribution is -0.138. The summed E-state index contributed by atoms with van der Waals surface area (Å²) in [6, 6.07) is 15.1. The number of piperidine rings is 1. The summed E-state index contributed by atoms with van der Waals surface area (Å²) in [5.74, 6) is -7.53. The number of nitrogens with one attached hydrogen (secondary N) is 2. The van der Waals surface area contributed by atoms with Crippen LogP contribution in [0.2, 0.25) is 0 Å². The number of ketones is 1. The maximum Gasteiger partial charge on any atom is 0.303 e. The van der Waals surface area contributed by atoms with E-state index in [0.717, 1.165) is 34.0 Å². The Morgan fingerprint density at radius 2 is 1.27 bits per heavy atom.